The van der Waals surface area contributed by atoms with Gasteiger partial charge in [-0.3, -0.25) is 4.79 Å². The average Bonchev–Trinajstić information content (AvgIpc) is 2.97. The van der Waals surface area contributed by atoms with Gasteiger partial charge in [0.05, 0.1) is 16.3 Å². The fraction of sp³-hybridized carbons (Fsp3) is 0.391. The second-order valence-electron chi connectivity index (χ2n) is 8.44. The van der Waals surface area contributed by atoms with Gasteiger partial charge in [-0.1, -0.05) is 35.7 Å². The Bertz CT molecular complexity index is 1220. The molecule has 31 heavy (non-hydrogen) atoms. The largest absolute Gasteiger partial charge is 0.328 e. The van der Waals surface area contributed by atoms with E-state index in [1.165, 1.54) is 6.07 Å². The number of aryl methyl sites for hydroxylation is 2. The number of carbonyl (C=O) groups is 1. The van der Waals surface area contributed by atoms with Crippen molar-refractivity contribution in [2.24, 2.45) is 4.40 Å². The van der Waals surface area contributed by atoms with Crippen LogP contribution in [-0.2, 0) is 16.4 Å². The van der Waals surface area contributed by atoms with Gasteiger partial charge in [-0.15, -0.1) is 4.40 Å². The van der Waals surface area contributed by atoms with Crippen LogP contribution in [0.2, 0.25) is 5.02 Å². The fourth-order valence-electron chi connectivity index (χ4n) is 4.74. The molecule has 0 spiro atoms. The van der Waals surface area contributed by atoms with Crippen molar-refractivity contribution in [2.45, 2.75) is 50.3 Å². The molecule has 0 atom stereocenters. The number of amidine groups is 1. The summed E-state index contributed by atoms with van der Waals surface area (Å²) in [4.78, 5) is 17.2. The smallest absolute Gasteiger partial charge is 0.286 e. The van der Waals surface area contributed by atoms with E-state index in [9.17, 15) is 13.2 Å². The van der Waals surface area contributed by atoms with Crippen LogP contribution < -0.4 is 9.80 Å². The molecule has 0 radical (unpaired) electrons. The lowest BCUT2D eigenvalue weighted by Crippen LogP contribution is -2.37. The molecule has 8 heteroatoms. The highest BCUT2D eigenvalue weighted by atomic mass is 35.5. The molecule has 1 fully saturated rings. The maximum atomic E-state index is 13.5. The number of carbonyl (C=O) groups excluding carboxylic acids is 1. The topological polar surface area (TPSA) is 70.1 Å². The predicted octanol–water partition coefficient (Wildman–Crippen LogP) is 4.72. The SMILES string of the molecule is Cc1ccc2c(c1)CCCN2C(=O)c1cc2c(cc1Cl)N1CCCCCC1=NS2(=O)=O. The standard InChI is InChI=1S/C23H24ClN3O3S/c1-15-8-9-19-16(12-15)6-5-11-27(19)23(28)17-13-21-20(14-18(17)24)26-10-4-2-3-7-22(26)25-31(21,29)30/h8-9,12-14H,2-7,10-11H2,1H3. The molecule has 3 aliphatic heterocycles. The van der Waals surface area contributed by atoms with Crippen LogP contribution >= 0.6 is 11.6 Å². The monoisotopic (exact) mass is 457 g/mol. The number of fused-ring (bicyclic) bond motifs is 4. The average molecular weight is 458 g/mol. The van der Waals surface area contributed by atoms with Crippen LogP contribution in [0.5, 0.6) is 0 Å². The molecule has 1 amide bonds. The van der Waals surface area contributed by atoms with E-state index in [4.69, 9.17) is 11.6 Å². The van der Waals surface area contributed by atoms with Crippen molar-refractivity contribution in [1.82, 2.24) is 0 Å². The van der Waals surface area contributed by atoms with Gasteiger partial charge in [0.15, 0.2) is 0 Å². The summed E-state index contributed by atoms with van der Waals surface area (Å²) in [6.45, 7) is 3.30. The Morgan fingerprint density at radius 3 is 2.68 bits per heavy atom. The minimum Gasteiger partial charge on any atom is -0.328 e. The third-order valence-corrected chi connectivity index (χ3v) is 7.91. The quantitative estimate of drug-likeness (QED) is 0.621. The molecular formula is C23H24ClN3O3S. The highest BCUT2D eigenvalue weighted by Crippen LogP contribution is 2.39. The molecule has 3 aliphatic rings. The third kappa shape index (κ3) is 3.53. The molecule has 0 aromatic heterocycles. The Labute approximate surface area is 187 Å². The zero-order valence-corrected chi connectivity index (χ0v) is 19.0. The second-order valence-corrected chi connectivity index (χ2v) is 10.4. The van der Waals surface area contributed by atoms with Crippen LogP contribution in [0, 0.1) is 6.92 Å². The zero-order valence-electron chi connectivity index (χ0n) is 17.4. The number of benzene rings is 2. The van der Waals surface area contributed by atoms with E-state index in [1.54, 1.807) is 11.0 Å². The van der Waals surface area contributed by atoms with Crippen LogP contribution in [0.15, 0.2) is 39.6 Å². The fourth-order valence-corrected chi connectivity index (χ4v) is 6.25. The Morgan fingerprint density at radius 1 is 1.00 bits per heavy atom. The summed E-state index contributed by atoms with van der Waals surface area (Å²) in [6, 6.07) is 9.09. The summed E-state index contributed by atoms with van der Waals surface area (Å²) in [6.07, 6.45) is 5.30. The van der Waals surface area contributed by atoms with Crippen molar-refractivity contribution in [1.29, 1.82) is 0 Å². The molecule has 5 rings (SSSR count). The molecule has 3 heterocycles. The lowest BCUT2D eigenvalue weighted by Gasteiger charge is -2.32. The zero-order chi connectivity index (χ0) is 21.8. The Kier molecular flexibility index (Phi) is 5.06. The maximum Gasteiger partial charge on any atom is 0.286 e. The molecule has 2 aromatic carbocycles. The van der Waals surface area contributed by atoms with E-state index in [0.717, 1.165) is 48.9 Å². The summed E-state index contributed by atoms with van der Waals surface area (Å²) >= 11 is 6.58. The number of sulfonamides is 1. The van der Waals surface area contributed by atoms with Gasteiger partial charge in [0, 0.05) is 25.2 Å². The number of hydrogen-bond donors (Lipinski definition) is 0. The number of rotatable bonds is 1. The first kappa shape index (κ1) is 20.5. The molecule has 0 saturated carbocycles. The highest BCUT2D eigenvalue weighted by molar-refractivity contribution is 7.90. The van der Waals surface area contributed by atoms with Crippen molar-refractivity contribution >= 4 is 44.7 Å². The normalized spacial score (nSPS) is 19.6. The molecule has 2 aromatic rings. The van der Waals surface area contributed by atoms with Gasteiger partial charge in [-0.25, -0.2) is 0 Å². The van der Waals surface area contributed by atoms with E-state index in [2.05, 4.69) is 10.5 Å². The maximum absolute atomic E-state index is 13.5. The summed E-state index contributed by atoms with van der Waals surface area (Å²) in [5, 5.41) is 0.267. The highest BCUT2D eigenvalue weighted by Gasteiger charge is 2.34. The Morgan fingerprint density at radius 2 is 1.84 bits per heavy atom. The van der Waals surface area contributed by atoms with Crippen LogP contribution in [0.3, 0.4) is 0 Å². The van der Waals surface area contributed by atoms with Crippen molar-refractivity contribution in [3.05, 3.63) is 52.0 Å². The van der Waals surface area contributed by atoms with E-state index >= 15 is 0 Å². The molecule has 1 saturated heterocycles. The Hall–Kier alpha value is -2.38. The number of amides is 1. The summed E-state index contributed by atoms with van der Waals surface area (Å²) < 4.78 is 30.0. The minimum atomic E-state index is -3.88. The lowest BCUT2D eigenvalue weighted by atomic mass is 9.98. The third-order valence-electron chi connectivity index (χ3n) is 6.27. The second kappa shape index (κ2) is 7.64. The van der Waals surface area contributed by atoms with Crippen LogP contribution in [0.4, 0.5) is 11.4 Å². The first-order valence-corrected chi connectivity index (χ1v) is 12.5. The van der Waals surface area contributed by atoms with Crippen molar-refractivity contribution in [3.8, 4) is 0 Å². The molecule has 0 unspecified atom stereocenters. The van der Waals surface area contributed by atoms with Gasteiger partial charge in [-0.05, 0) is 56.4 Å². The van der Waals surface area contributed by atoms with E-state index in [-0.39, 0.29) is 21.4 Å². The van der Waals surface area contributed by atoms with Gasteiger partial charge in [0.25, 0.3) is 15.9 Å². The van der Waals surface area contributed by atoms with Gasteiger partial charge in [0.2, 0.25) is 0 Å². The number of halogens is 1. The van der Waals surface area contributed by atoms with Gasteiger partial charge in [-0.2, -0.15) is 8.42 Å². The molecule has 0 aliphatic carbocycles. The minimum absolute atomic E-state index is 0.0621. The number of anilines is 2. The summed E-state index contributed by atoms with van der Waals surface area (Å²) in [5.74, 6) is 0.291. The van der Waals surface area contributed by atoms with E-state index in [1.807, 2.05) is 24.0 Å². The first-order chi connectivity index (χ1) is 14.8. The van der Waals surface area contributed by atoms with Crippen LogP contribution in [0.25, 0.3) is 0 Å². The van der Waals surface area contributed by atoms with Crippen LogP contribution in [-0.4, -0.2) is 33.3 Å². The van der Waals surface area contributed by atoms with E-state index in [0.29, 0.717) is 31.0 Å². The van der Waals surface area contributed by atoms with Gasteiger partial charge >= 0.3 is 0 Å². The molecular weight excluding hydrogens is 434 g/mol. The van der Waals surface area contributed by atoms with Crippen molar-refractivity contribution < 1.29 is 13.2 Å². The van der Waals surface area contributed by atoms with Gasteiger partial charge < -0.3 is 9.80 Å². The van der Waals surface area contributed by atoms with Crippen LogP contribution in [0.1, 0.15) is 53.6 Å². The molecule has 0 bridgehead atoms. The first-order valence-electron chi connectivity index (χ1n) is 10.7. The summed E-state index contributed by atoms with van der Waals surface area (Å²) in [5.41, 5.74) is 3.87. The molecule has 162 valence electrons. The Balaban J connectivity index is 1.59. The van der Waals surface area contributed by atoms with Crippen molar-refractivity contribution in [2.75, 3.05) is 22.9 Å². The lowest BCUT2D eigenvalue weighted by molar-refractivity contribution is 0.0985. The number of nitrogens with zero attached hydrogens (tertiary/aromatic N) is 3. The van der Waals surface area contributed by atoms with Gasteiger partial charge in [0.1, 0.15) is 10.7 Å². The van der Waals surface area contributed by atoms with Crippen molar-refractivity contribution in [3.63, 3.8) is 0 Å². The summed E-state index contributed by atoms with van der Waals surface area (Å²) in [7, 11) is -3.88. The van der Waals surface area contributed by atoms with E-state index < -0.39 is 10.0 Å². The molecule has 6 nitrogen and oxygen atoms in total. The predicted molar refractivity (Wildman–Crippen MR) is 123 cm³/mol. The number of hydrogen-bond acceptors (Lipinski definition) is 4. The molecule has 0 N–H and O–H groups in total.